The lowest BCUT2D eigenvalue weighted by Crippen LogP contribution is -2.03. The zero-order valence-electron chi connectivity index (χ0n) is 10.7. The third kappa shape index (κ3) is 1.85. The summed E-state index contributed by atoms with van der Waals surface area (Å²) in [5.41, 5.74) is 10.6. The highest BCUT2D eigenvalue weighted by Gasteiger charge is 2.14. The van der Waals surface area contributed by atoms with Crippen LogP contribution in [0.15, 0.2) is 30.5 Å². The number of imidazole rings is 1. The second kappa shape index (κ2) is 4.24. The van der Waals surface area contributed by atoms with Crippen molar-refractivity contribution in [1.82, 2.24) is 14.5 Å². The minimum atomic E-state index is 0.419. The number of nitrogens with zero attached hydrogens (tertiary/aromatic N) is 3. The lowest BCUT2D eigenvalue weighted by Gasteiger charge is -2.09. The molecular formula is C14H13ClN4. The van der Waals surface area contributed by atoms with E-state index in [4.69, 9.17) is 17.3 Å². The Morgan fingerprint density at radius 2 is 1.95 bits per heavy atom. The number of hydrogen-bond donors (Lipinski definition) is 1. The van der Waals surface area contributed by atoms with Gasteiger partial charge in [-0.2, -0.15) is 0 Å². The summed E-state index contributed by atoms with van der Waals surface area (Å²) in [7, 11) is 0. The number of aryl methyl sites for hydroxylation is 2. The molecule has 0 saturated carbocycles. The number of nitrogens with two attached hydrogens (primary N) is 1. The molecule has 2 heterocycles. The van der Waals surface area contributed by atoms with Gasteiger partial charge in [0.25, 0.3) is 0 Å². The lowest BCUT2D eigenvalue weighted by molar-refractivity contribution is 1.07. The number of rotatable bonds is 1. The van der Waals surface area contributed by atoms with Crippen molar-refractivity contribution in [2.45, 2.75) is 13.8 Å². The van der Waals surface area contributed by atoms with Gasteiger partial charge in [-0.05, 0) is 43.2 Å². The van der Waals surface area contributed by atoms with Gasteiger partial charge in [0.2, 0.25) is 5.95 Å². The third-order valence-electron chi connectivity index (χ3n) is 3.19. The fourth-order valence-electron chi connectivity index (χ4n) is 2.17. The van der Waals surface area contributed by atoms with E-state index in [-0.39, 0.29) is 0 Å². The number of anilines is 1. The van der Waals surface area contributed by atoms with Crippen molar-refractivity contribution < 1.29 is 0 Å². The van der Waals surface area contributed by atoms with Crippen LogP contribution in [0.3, 0.4) is 0 Å². The van der Waals surface area contributed by atoms with Crippen LogP contribution in [-0.2, 0) is 0 Å². The van der Waals surface area contributed by atoms with Crippen LogP contribution in [0.5, 0.6) is 0 Å². The van der Waals surface area contributed by atoms with Crippen molar-refractivity contribution in [3.05, 3.63) is 46.6 Å². The molecule has 0 saturated heterocycles. The van der Waals surface area contributed by atoms with Gasteiger partial charge in [-0.25, -0.2) is 9.97 Å². The van der Waals surface area contributed by atoms with E-state index in [0.29, 0.717) is 11.0 Å². The molecule has 96 valence electrons. The molecule has 3 aromatic rings. The first kappa shape index (κ1) is 12.0. The average Bonchev–Trinajstić information content (AvgIpc) is 2.70. The summed E-state index contributed by atoms with van der Waals surface area (Å²) in [6, 6.07) is 7.61. The van der Waals surface area contributed by atoms with E-state index in [1.54, 1.807) is 6.20 Å². The SMILES string of the molecule is Cc1ccc(Cl)cc1-n1c(N)nc2c(C)ccnc21. The zero-order chi connectivity index (χ0) is 13.6. The summed E-state index contributed by atoms with van der Waals surface area (Å²) in [4.78, 5) is 8.78. The lowest BCUT2D eigenvalue weighted by atomic mass is 10.2. The molecule has 19 heavy (non-hydrogen) atoms. The molecule has 0 unspecified atom stereocenters. The molecule has 5 heteroatoms. The van der Waals surface area contributed by atoms with Crippen LogP contribution < -0.4 is 5.73 Å². The molecule has 2 aromatic heterocycles. The van der Waals surface area contributed by atoms with Gasteiger partial charge in [-0.1, -0.05) is 17.7 Å². The van der Waals surface area contributed by atoms with Gasteiger partial charge in [0.1, 0.15) is 5.52 Å². The van der Waals surface area contributed by atoms with Gasteiger partial charge >= 0.3 is 0 Å². The van der Waals surface area contributed by atoms with Gasteiger partial charge in [-0.3, -0.25) is 4.57 Å². The summed E-state index contributed by atoms with van der Waals surface area (Å²) in [5, 5.41) is 0.662. The maximum atomic E-state index is 6.07. The zero-order valence-corrected chi connectivity index (χ0v) is 11.4. The normalized spacial score (nSPS) is 11.1. The summed E-state index contributed by atoms with van der Waals surface area (Å²) in [6.45, 7) is 4.00. The Morgan fingerprint density at radius 3 is 2.74 bits per heavy atom. The van der Waals surface area contributed by atoms with Crippen LogP contribution in [0.4, 0.5) is 5.95 Å². The van der Waals surface area contributed by atoms with Crippen molar-refractivity contribution >= 4 is 28.7 Å². The van der Waals surface area contributed by atoms with E-state index in [9.17, 15) is 0 Å². The monoisotopic (exact) mass is 272 g/mol. The van der Waals surface area contributed by atoms with E-state index in [1.165, 1.54) is 0 Å². The molecule has 0 fully saturated rings. The minimum absolute atomic E-state index is 0.419. The molecule has 0 amide bonds. The first-order chi connectivity index (χ1) is 9.08. The molecule has 0 aliphatic heterocycles. The van der Waals surface area contributed by atoms with Crippen LogP contribution >= 0.6 is 11.6 Å². The summed E-state index contributed by atoms with van der Waals surface area (Å²) >= 11 is 6.07. The largest absolute Gasteiger partial charge is 0.369 e. The standard InChI is InChI=1S/C14H13ClN4/c1-8-3-4-10(15)7-11(8)19-13-12(18-14(19)16)9(2)5-6-17-13/h3-7H,1-2H3,(H2,16,18). The number of aromatic nitrogens is 3. The van der Waals surface area contributed by atoms with Crippen molar-refractivity contribution in [2.75, 3.05) is 5.73 Å². The number of fused-ring (bicyclic) bond motifs is 1. The predicted molar refractivity (Wildman–Crippen MR) is 77.8 cm³/mol. The van der Waals surface area contributed by atoms with Crippen molar-refractivity contribution in [3.8, 4) is 5.69 Å². The number of hydrogen-bond acceptors (Lipinski definition) is 3. The Hall–Kier alpha value is -2.07. The highest BCUT2D eigenvalue weighted by atomic mass is 35.5. The van der Waals surface area contributed by atoms with Gasteiger partial charge in [-0.15, -0.1) is 0 Å². The first-order valence-electron chi connectivity index (χ1n) is 5.94. The molecule has 1 aromatic carbocycles. The van der Waals surface area contributed by atoms with Crippen molar-refractivity contribution in [1.29, 1.82) is 0 Å². The van der Waals surface area contributed by atoms with Crippen molar-refractivity contribution in [2.24, 2.45) is 0 Å². The van der Waals surface area contributed by atoms with Crippen molar-refractivity contribution in [3.63, 3.8) is 0 Å². The molecule has 3 rings (SSSR count). The number of nitrogen functional groups attached to an aromatic ring is 1. The van der Waals surface area contributed by atoms with Gasteiger partial charge in [0.15, 0.2) is 5.65 Å². The topological polar surface area (TPSA) is 56.7 Å². The quantitative estimate of drug-likeness (QED) is 0.740. The molecule has 0 bridgehead atoms. The van der Waals surface area contributed by atoms with Crippen LogP contribution in [0.25, 0.3) is 16.9 Å². The van der Waals surface area contributed by atoms with Gasteiger partial charge in [0.05, 0.1) is 5.69 Å². The third-order valence-corrected chi connectivity index (χ3v) is 3.42. The van der Waals surface area contributed by atoms with Gasteiger partial charge < -0.3 is 5.73 Å². The van der Waals surface area contributed by atoms with Crippen LogP contribution in [0.2, 0.25) is 5.02 Å². The maximum absolute atomic E-state index is 6.07. The molecule has 0 atom stereocenters. The maximum Gasteiger partial charge on any atom is 0.207 e. The fraction of sp³-hybridized carbons (Fsp3) is 0.143. The Bertz CT molecular complexity index is 776. The second-order valence-electron chi connectivity index (χ2n) is 4.54. The van der Waals surface area contributed by atoms with Gasteiger partial charge in [0, 0.05) is 11.2 Å². The number of halogens is 1. The fourth-order valence-corrected chi connectivity index (χ4v) is 2.34. The second-order valence-corrected chi connectivity index (χ2v) is 4.97. The predicted octanol–water partition coefficient (Wildman–Crippen LogP) is 3.27. The molecule has 0 aliphatic carbocycles. The summed E-state index contributed by atoms with van der Waals surface area (Å²) in [6.07, 6.45) is 1.76. The molecule has 4 nitrogen and oxygen atoms in total. The van der Waals surface area contributed by atoms with Crippen LogP contribution in [0.1, 0.15) is 11.1 Å². The molecule has 0 radical (unpaired) electrons. The molecular weight excluding hydrogens is 260 g/mol. The summed E-state index contributed by atoms with van der Waals surface area (Å²) < 4.78 is 1.84. The molecule has 2 N–H and O–H groups in total. The first-order valence-corrected chi connectivity index (χ1v) is 6.32. The van der Waals surface area contributed by atoms with Crippen LogP contribution in [-0.4, -0.2) is 14.5 Å². The summed E-state index contributed by atoms with van der Waals surface area (Å²) in [5.74, 6) is 0.419. The Labute approximate surface area is 115 Å². The molecule has 0 aliphatic rings. The van der Waals surface area contributed by atoms with E-state index < -0.39 is 0 Å². The highest BCUT2D eigenvalue weighted by molar-refractivity contribution is 6.30. The number of pyridine rings is 1. The average molecular weight is 273 g/mol. The number of benzene rings is 1. The molecule has 0 spiro atoms. The van der Waals surface area contributed by atoms with E-state index >= 15 is 0 Å². The Kier molecular flexibility index (Phi) is 2.68. The smallest absolute Gasteiger partial charge is 0.207 e. The van der Waals surface area contributed by atoms with E-state index in [2.05, 4.69) is 9.97 Å². The van der Waals surface area contributed by atoms with E-state index in [1.807, 2.05) is 42.7 Å². The Balaban J connectivity index is 2.39. The Morgan fingerprint density at radius 1 is 1.16 bits per heavy atom. The highest BCUT2D eigenvalue weighted by Crippen LogP contribution is 2.27. The minimum Gasteiger partial charge on any atom is -0.369 e. The van der Waals surface area contributed by atoms with Crippen LogP contribution in [0, 0.1) is 13.8 Å². The van der Waals surface area contributed by atoms with E-state index in [0.717, 1.165) is 28.0 Å².